The number of aliphatic hydroxyl groups is 4. The van der Waals surface area contributed by atoms with Gasteiger partial charge < -0.3 is 29.9 Å². The Morgan fingerprint density at radius 1 is 1.03 bits per heavy atom. The van der Waals surface area contributed by atoms with Crippen LogP contribution in [-0.4, -0.2) is 78.6 Å². The first-order chi connectivity index (χ1) is 16.0. The Kier molecular flexibility index (Phi) is 6.92. The zero-order valence-electron chi connectivity index (χ0n) is 17.4. The van der Waals surface area contributed by atoms with Gasteiger partial charge in [-0.05, 0) is 35.9 Å². The van der Waals surface area contributed by atoms with Gasteiger partial charge in [0.05, 0.1) is 12.8 Å². The highest BCUT2D eigenvalue weighted by Crippen LogP contribution is 2.26. The average Bonchev–Trinajstić information content (AvgIpc) is 3.34. The lowest BCUT2D eigenvalue weighted by Gasteiger charge is -2.39. The van der Waals surface area contributed by atoms with Crippen LogP contribution >= 0.6 is 0 Å². The van der Waals surface area contributed by atoms with Crippen molar-refractivity contribution in [2.45, 2.75) is 30.7 Å². The summed E-state index contributed by atoms with van der Waals surface area (Å²) in [5.74, 6) is -0.0301. The molecule has 0 unspecified atom stereocenters. The Morgan fingerprint density at radius 3 is 2.45 bits per heavy atom. The highest BCUT2D eigenvalue weighted by atomic mass is 16.7. The number of benzene rings is 2. The summed E-state index contributed by atoms with van der Waals surface area (Å²) < 4.78 is 12.0. The van der Waals surface area contributed by atoms with Gasteiger partial charge in [-0.3, -0.25) is 4.79 Å². The SMILES string of the molecule is O=C(C=Cc1ccccc1)n1cc(-c2ccc(O[C@@H]3O[C@H](CO)[C@@H](O)[C@H](O)[C@H]3O)cc2)nn1. The molecule has 4 N–H and O–H groups in total. The van der Waals surface area contributed by atoms with Crippen LogP contribution in [0.15, 0.2) is 66.9 Å². The number of nitrogens with zero attached hydrogens (tertiary/aromatic N) is 3. The lowest BCUT2D eigenvalue weighted by Crippen LogP contribution is -2.60. The average molecular weight is 453 g/mol. The Balaban J connectivity index is 1.41. The highest BCUT2D eigenvalue weighted by molar-refractivity contribution is 5.93. The molecule has 1 aliphatic heterocycles. The smallest absolute Gasteiger partial charge is 0.272 e. The zero-order chi connectivity index (χ0) is 23.4. The standard InChI is InChI=1S/C23H23N3O7/c27-13-18-20(29)21(30)22(31)23(33-18)32-16-9-7-15(8-10-16)17-12-26(25-24-17)19(28)11-6-14-4-2-1-3-5-14/h1-12,18,20-23,27,29-31H,13H2/t18-,20-,21+,22-,23-/m1/s1. The van der Waals surface area contributed by atoms with Gasteiger partial charge in [-0.15, -0.1) is 5.10 Å². The maximum absolute atomic E-state index is 12.3. The second-order valence-electron chi connectivity index (χ2n) is 7.47. The van der Waals surface area contributed by atoms with E-state index in [4.69, 9.17) is 9.47 Å². The maximum Gasteiger partial charge on any atom is 0.272 e. The highest BCUT2D eigenvalue weighted by Gasteiger charge is 2.44. The fourth-order valence-electron chi connectivity index (χ4n) is 3.31. The minimum Gasteiger partial charge on any atom is -0.462 e. The van der Waals surface area contributed by atoms with E-state index in [9.17, 15) is 25.2 Å². The van der Waals surface area contributed by atoms with Crippen molar-refractivity contribution >= 4 is 12.0 Å². The van der Waals surface area contributed by atoms with Crippen molar-refractivity contribution in [2.24, 2.45) is 0 Å². The number of aliphatic hydroxyl groups excluding tert-OH is 4. The molecule has 4 rings (SSSR count). The minimum atomic E-state index is -1.52. The summed E-state index contributed by atoms with van der Waals surface area (Å²) in [6.07, 6.45) is -2.22. The molecule has 10 heteroatoms. The lowest BCUT2D eigenvalue weighted by molar-refractivity contribution is -0.277. The number of hydrogen-bond donors (Lipinski definition) is 4. The largest absolute Gasteiger partial charge is 0.462 e. The summed E-state index contributed by atoms with van der Waals surface area (Å²) in [6, 6.07) is 15.9. The maximum atomic E-state index is 12.3. The molecule has 0 aliphatic carbocycles. The predicted molar refractivity (Wildman–Crippen MR) is 116 cm³/mol. The Bertz CT molecular complexity index is 1100. The molecule has 10 nitrogen and oxygen atoms in total. The molecule has 0 bridgehead atoms. The van der Waals surface area contributed by atoms with Gasteiger partial charge in [-0.1, -0.05) is 35.5 Å². The summed E-state index contributed by atoms with van der Waals surface area (Å²) >= 11 is 0. The molecule has 3 aromatic rings. The molecule has 1 fully saturated rings. The normalized spacial score (nSPS) is 25.3. The second-order valence-corrected chi connectivity index (χ2v) is 7.47. The van der Waals surface area contributed by atoms with Crippen LogP contribution in [0.2, 0.25) is 0 Å². The number of ether oxygens (including phenoxy) is 2. The fraction of sp³-hybridized carbons (Fsp3) is 0.261. The first kappa shape index (κ1) is 22.8. The number of carbonyl (C=O) groups excluding carboxylic acids is 1. The Morgan fingerprint density at radius 2 is 1.76 bits per heavy atom. The number of carbonyl (C=O) groups is 1. The molecule has 0 amide bonds. The van der Waals surface area contributed by atoms with Crippen molar-refractivity contribution in [2.75, 3.05) is 6.61 Å². The summed E-state index contributed by atoms with van der Waals surface area (Å²) in [5.41, 5.74) is 2.03. The molecular weight excluding hydrogens is 430 g/mol. The van der Waals surface area contributed by atoms with E-state index in [0.29, 0.717) is 17.0 Å². The fourth-order valence-corrected chi connectivity index (χ4v) is 3.31. The third-order valence-electron chi connectivity index (χ3n) is 5.19. The molecule has 0 saturated carbocycles. The second kappa shape index (κ2) is 10.0. The van der Waals surface area contributed by atoms with Gasteiger partial charge in [0, 0.05) is 11.6 Å². The number of aromatic nitrogens is 3. The van der Waals surface area contributed by atoms with E-state index in [2.05, 4.69) is 10.3 Å². The molecule has 33 heavy (non-hydrogen) atoms. The quantitative estimate of drug-likeness (QED) is 0.391. The van der Waals surface area contributed by atoms with E-state index >= 15 is 0 Å². The van der Waals surface area contributed by atoms with Crippen molar-refractivity contribution in [3.63, 3.8) is 0 Å². The topological polar surface area (TPSA) is 147 Å². The number of rotatable bonds is 6. The van der Waals surface area contributed by atoms with Gasteiger partial charge in [0.15, 0.2) is 0 Å². The van der Waals surface area contributed by atoms with Crippen LogP contribution in [0.1, 0.15) is 10.4 Å². The minimum absolute atomic E-state index is 0.317. The molecule has 0 radical (unpaired) electrons. The van der Waals surface area contributed by atoms with E-state index in [1.54, 1.807) is 30.3 Å². The lowest BCUT2D eigenvalue weighted by atomic mass is 9.99. The van der Waals surface area contributed by atoms with Gasteiger partial charge >= 0.3 is 0 Å². The monoisotopic (exact) mass is 453 g/mol. The van der Waals surface area contributed by atoms with Crippen molar-refractivity contribution < 1.29 is 34.7 Å². The van der Waals surface area contributed by atoms with E-state index in [-0.39, 0.29) is 5.91 Å². The third-order valence-corrected chi connectivity index (χ3v) is 5.19. The molecule has 0 spiro atoms. The van der Waals surface area contributed by atoms with Crippen LogP contribution in [0.4, 0.5) is 0 Å². The Labute approximate surface area is 188 Å². The van der Waals surface area contributed by atoms with Crippen molar-refractivity contribution in [1.29, 1.82) is 0 Å². The van der Waals surface area contributed by atoms with Crippen LogP contribution in [0, 0.1) is 0 Å². The predicted octanol–water partition coefficient (Wildman–Crippen LogP) is 0.477. The number of allylic oxidation sites excluding steroid dienone is 1. The van der Waals surface area contributed by atoms with E-state index < -0.39 is 37.3 Å². The summed E-state index contributed by atoms with van der Waals surface area (Å²) in [5, 5.41) is 47.0. The molecule has 1 aromatic heterocycles. The van der Waals surface area contributed by atoms with Gasteiger partial charge in [-0.25, -0.2) is 0 Å². The molecule has 1 aliphatic rings. The molecule has 5 atom stereocenters. The zero-order valence-corrected chi connectivity index (χ0v) is 17.4. The summed E-state index contributed by atoms with van der Waals surface area (Å²) in [4.78, 5) is 12.3. The first-order valence-electron chi connectivity index (χ1n) is 10.2. The van der Waals surface area contributed by atoms with Gasteiger partial charge in [0.1, 0.15) is 35.9 Å². The molecule has 2 aromatic carbocycles. The van der Waals surface area contributed by atoms with Gasteiger partial charge in [-0.2, -0.15) is 4.68 Å². The van der Waals surface area contributed by atoms with Crippen LogP contribution in [-0.2, 0) is 4.74 Å². The van der Waals surface area contributed by atoms with Crippen LogP contribution < -0.4 is 4.74 Å². The first-order valence-corrected chi connectivity index (χ1v) is 10.2. The molecule has 1 saturated heterocycles. The van der Waals surface area contributed by atoms with Crippen molar-refractivity contribution in [1.82, 2.24) is 15.0 Å². The molecule has 2 heterocycles. The van der Waals surface area contributed by atoms with Gasteiger partial charge in [0.25, 0.3) is 5.91 Å². The van der Waals surface area contributed by atoms with Crippen molar-refractivity contribution in [3.8, 4) is 17.0 Å². The van der Waals surface area contributed by atoms with Crippen molar-refractivity contribution in [3.05, 3.63) is 72.4 Å². The Hall–Kier alpha value is -3.41. The summed E-state index contributed by atoms with van der Waals surface area (Å²) in [7, 11) is 0. The van der Waals surface area contributed by atoms with E-state index in [1.807, 2.05) is 30.3 Å². The van der Waals surface area contributed by atoms with Crippen LogP contribution in [0.25, 0.3) is 17.3 Å². The van der Waals surface area contributed by atoms with Gasteiger partial charge in [0.2, 0.25) is 6.29 Å². The van der Waals surface area contributed by atoms with Crippen LogP contribution in [0.5, 0.6) is 5.75 Å². The molecular formula is C23H23N3O7. The summed E-state index contributed by atoms with van der Waals surface area (Å²) in [6.45, 7) is -0.543. The third kappa shape index (κ3) is 5.16. The number of hydrogen-bond acceptors (Lipinski definition) is 9. The van der Waals surface area contributed by atoms with E-state index in [1.165, 1.54) is 12.3 Å². The molecule has 172 valence electrons. The van der Waals surface area contributed by atoms with E-state index in [0.717, 1.165) is 10.2 Å². The van der Waals surface area contributed by atoms with Crippen LogP contribution in [0.3, 0.4) is 0 Å².